The van der Waals surface area contributed by atoms with Crippen LogP contribution in [-0.4, -0.2) is 41.0 Å². The van der Waals surface area contributed by atoms with E-state index < -0.39 is 0 Å². The molecule has 5 heteroatoms. The molecule has 3 rings (SSSR count). The Morgan fingerprint density at radius 2 is 1.67 bits per heavy atom. The summed E-state index contributed by atoms with van der Waals surface area (Å²) in [5.41, 5.74) is 2.40. The number of benzene rings is 1. The Bertz CT molecular complexity index is 626. The van der Waals surface area contributed by atoms with Crippen LogP contribution in [-0.2, 0) is 13.1 Å². The molecule has 112 valence electrons. The monoisotopic (exact) mass is 303 g/mol. The van der Waals surface area contributed by atoms with Gasteiger partial charge >= 0.3 is 4.87 Å². The molecule has 0 atom stereocenters. The molecule has 0 amide bonds. The molecule has 0 aliphatic carbocycles. The zero-order chi connectivity index (χ0) is 14.7. The van der Waals surface area contributed by atoms with E-state index in [4.69, 9.17) is 0 Å². The normalized spacial score (nSPS) is 17.2. The number of aryl methyl sites for hydroxylation is 1. The highest BCUT2D eigenvalue weighted by Crippen LogP contribution is 2.14. The Labute approximate surface area is 129 Å². The van der Waals surface area contributed by atoms with Gasteiger partial charge in [-0.05, 0) is 12.5 Å². The molecule has 1 aromatic carbocycles. The molecule has 2 heterocycles. The largest absolute Gasteiger partial charge is 0.317 e. The zero-order valence-electron chi connectivity index (χ0n) is 12.3. The van der Waals surface area contributed by atoms with E-state index in [1.807, 2.05) is 6.92 Å². The standard InChI is InChI=1S/C16H21N3OS/c1-13-15(21-16(20)17-13)12-19-9-7-18(8-10-19)11-14-5-3-2-4-6-14/h2-6H,7-12H2,1H3,(H,17,20). The number of nitrogens with one attached hydrogen (secondary N) is 1. The number of piperazine rings is 1. The molecule has 4 nitrogen and oxygen atoms in total. The van der Waals surface area contributed by atoms with Gasteiger partial charge in [0.25, 0.3) is 0 Å². The highest BCUT2D eigenvalue weighted by Gasteiger charge is 2.18. The van der Waals surface area contributed by atoms with Gasteiger partial charge in [-0.15, -0.1) is 0 Å². The van der Waals surface area contributed by atoms with E-state index >= 15 is 0 Å². The first-order valence-electron chi connectivity index (χ1n) is 7.38. The second-order valence-electron chi connectivity index (χ2n) is 5.60. The van der Waals surface area contributed by atoms with Crippen LogP contribution in [0.25, 0.3) is 0 Å². The van der Waals surface area contributed by atoms with Crippen LogP contribution >= 0.6 is 11.3 Å². The Morgan fingerprint density at radius 3 is 2.24 bits per heavy atom. The topological polar surface area (TPSA) is 39.3 Å². The maximum Gasteiger partial charge on any atom is 0.304 e. The van der Waals surface area contributed by atoms with Crippen LogP contribution in [0.2, 0.25) is 0 Å². The molecule has 1 saturated heterocycles. The van der Waals surface area contributed by atoms with Crippen LogP contribution in [0.5, 0.6) is 0 Å². The fourth-order valence-corrected chi connectivity index (χ4v) is 3.62. The van der Waals surface area contributed by atoms with E-state index in [9.17, 15) is 4.79 Å². The third-order valence-corrected chi connectivity index (χ3v) is 4.97. The van der Waals surface area contributed by atoms with Crippen molar-refractivity contribution in [3.05, 3.63) is 56.1 Å². The van der Waals surface area contributed by atoms with Crippen LogP contribution in [0.4, 0.5) is 0 Å². The molecule has 1 aromatic heterocycles. The molecular weight excluding hydrogens is 282 g/mol. The van der Waals surface area contributed by atoms with Crippen molar-refractivity contribution in [3.8, 4) is 0 Å². The summed E-state index contributed by atoms with van der Waals surface area (Å²) >= 11 is 1.35. The van der Waals surface area contributed by atoms with E-state index in [1.165, 1.54) is 21.8 Å². The van der Waals surface area contributed by atoms with E-state index in [1.54, 1.807) is 0 Å². The van der Waals surface area contributed by atoms with Gasteiger partial charge in [-0.3, -0.25) is 14.6 Å². The van der Waals surface area contributed by atoms with Crippen molar-refractivity contribution in [1.82, 2.24) is 14.8 Å². The van der Waals surface area contributed by atoms with E-state index in [-0.39, 0.29) is 4.87 Å². The number of aromatic nitrogens is 1. The first kappa shape index (κ1) is 14.5. The van der Waals surface area contributed by atoms with Crippen LogP contribution in [0, 0.1) is 6.92 Å². The lowest BCUT2D eigenvalue weighted by molar-refractivity contribution is 0.122. The van der Waals surface area contributed by atoms with Crippen molar-refractivity contribution in [3.63, 3.8) is 0 Å². The molecule has 1 fully saturated rings. The van der Waals surface area contributed by atoms with Crippen molar-refractivity contribution in [2.24, 2.45) is 0 Å². The summed E-state index contributed by atoms with van der Waals surface area (Å²) in [6.45, 7) is 8.23. The first-order chi connectivity index (χ1) is 10.2. The molecule has 1 aliphatic rings. The molecule has 0 spiro atoms. The Hall–Kier alpha value is -1.43. The molecule has 21 heavy (non-hydrogen) atoms. The van der Waals surface area contributed by atoms with Crippen molar-refractivity contribution < 1.29 is 0 Å². The fourth-order valence-electron chi connectivity index (χ4n) is 2.74. The predicted molar refractivity (Wildman–Crippen MR) is 86.7 cm³/mol. The smallest absolute Gasteiger partial charge is 0.304 e. The molecule has 0 bridgehead atoms. The first-order valence-corrected chi connectivity index (χ1v) is 8.19. The van der Waals surface area contributed by atoms with Crippen LogP contribution in [0.1, 0.15) is 16.1 Å². The average Bonchev–Trinajstić information content (AvgIpc) is 2.80. The van der Waals surface area contributed by atoms with Crippen molar-refractivity contribution >= 4 is 11.3 Å². The second-order valence-corrected chi connectivity index (χ2v) is 6.67. The lowest BCUT2D eigenvalue weighted by Gasteiger charge is -2.34. The number of hydrogen-bond acceptors (Lipinski definition) is 4. The van der Waals surface area contributed by atoms with Gasteiger partial charge in [0.1, 0.15) is 0 Å². The van der Waals surface area contributed by atoms with E-state index in [0.717, 1.165) is 45.0 Å². The number of hydrogen-bond donors (Lipinski definition) is 1. The molecule has 2 aromatic rings. The minimum Gasteiger partial charge on any atom is -0.317 e. The van der Waals surface area contributed by atoms with E-state index in [2.05, 4.69) is 45.1 Å². The van der Waals surface area contributed by atoms with Gasteiger partial charge in [-0.1, -0.05) is 41.7 Å². The van der Waals surface area contributed by atoms with E-state index in [0.29, 0.717) is 0 Å². The van der Waals surface area contributed by atoms with Gasteiger partial charge in [0.05, 0.1) is 0 Å². The SMILES string of the molecule is Cc1[nH]c(=O)sc1CN1CCN(Cc2ccccc2)CC1. The molecule has 0 radical (unpaired) electrons. The van der Waals surface area contributed by atoms with Crippen molar-refractivity contribution in [2.75, 3.05) is 26.2 Å². The number of nitrogens with zero attached hydrogens (tertiary/aromatic N) is 2. The summed E-state index contributed by atoms with van der Waals surface area (Å²) < 4.78 is 0. The summed E-state index contributed by atoms with van der Waals surface area (Å²) in [7, 11) is 0. The third-order valence-electron chi connectivity index (χ3n) is 4.00. The van der Waals surface area contributed by atoms with Gasteiger partial charge in [-0.2, -0.15) is 0 Å². The van der Waals surface area contributed by atoms with Gasteiger partial charge in [0.2, 0.25) is 0 Å². The highest BCUT2D eigenvalue weighted by molar-refractivity contribution is 7.09. The van der Waals surface area contributed by atoms with Gasteiger partial charge < -0.3 is 4.98 Å². The lowest BCUT2D eigenvalue weighted by Crippen LogP contribution is -2.45. The molecule has 0 saturated carbocycles. The maximum atomic E-state index is 11.3. The predicted octanol–water partition coefficient (Wildman–Crippen LogP) is 2.06. The Morgan fingerprint density at radius 1 is 1.05 bits per heavy atom. The fraction of sp³-hybridized carbons (Fsp3) is 0.438. The number of rotatable bonds is 4. The molecule has 0 unspecified atom stereocenters. The average molecular weight is 303 g/mol. The summed E-state index contributed by atoms with van der Waals surface area (Å²) in [6, 6.07) is 10.6. The number of H-pyrrole nitrogens is 1. The maximum absolute atomic E-state index is 11.3. The van der Waals surface area contributed by atoms with Crippen LogP contribution in [0.15, 0.2) is 35.1 Å². The van der Waals surface area contributed by atoms with Gasteiger partial charge in [-0.25, -0.2) is 0 Å². The highest BCUT2D eigenvalue weighted by atomic mass is 32.1. The Kier molecular flexibility index (Phi) is 4.53. The minimum atomic E-state index is 0.0604. The number of aromatic amines is 1. The van der Waals surface area contributed by atoms with Crippen LogP contribution < -0.4 is 4.87 Å². The van der Waals surface area contributed by atoms with Crippen molar-refractivity contribution in [2.45, 2.75) is 20.0 Å². The minimum absolute atomic E-state index is 0.0604. The zero-order valence-corrected chi connectivity index (χ0v) is 13.2. The number of thiazole rings is 1. The second kappa shape index (κ2) is 6.56. The summed E-state index contributed by atoms with van der Waals surface area (Å²) in [4.78, 5) is 20.4. The molecular formula is C16H21N3OS. The van der Waals surface area contributed by atoms with Crippen molar-refractivity contribution in [1.29, 1.82) is 0 Å². The molecule has 1 aliphatic heterocycles. The quantitative estimate of drug-likeness (QED) is 0.940. The molecule has 1 N–H and O–H groups in total. The van der Waals surface area contributed by atoms with Crippen LogP contribution in [0.3, 0.4) is 0 Å². The summed E-state index contributed by atoms with van der Waals surface area (Å²) in [5, 5.41) is 0. The third kappa shape index (κ3) is 3.81. The lowest BCUT2D eigenvalue weighted by atomic mass is 10.2. The summed E-state index contributed by atoms with van der Waals surface area (Å²) in [6.07, 6.45) is 0. The van der Waals surface area contributed by atoms with Gasteiger partial charge in [0, 0.05) is 49.8 Å². The summed E-state index contributed by atoms with van der Waals surface area (Å²) in [5.74, 6) is 0. The van der Waals surface area contributed by atoms with Gasteiger partial charge in [0.15, 0.2) is 0 Å². The Balaban J connectivity index is 1.51.